The molecule has 0 amide bonds. The van der Waals surface area contributed by atoms with E-state index in [2.05, 4.69) is 26.3 Å². The van der Waals surface area contributed by atoms with Crippen LogP contribution in [0.3, 0.4) is 0 Å². The molecule has 0 aromatic carbocycles. The number of β-amino-alcohol motifs (C(OH)–C–C–N with tert-alkyl or cyclic N) is 1. The molecule has 2 saturated heterocycles. The number of aryl methyl sites for hydroxylation is 1. The van der Waals surface area contributed by atoms with E-state index in [4.69, 9.17) is 0 Å². The van der Waals surface area contributed by atoms with E-state index in [-0.39, 0.29) is 6.10 Å². The number of hydrogen-bond acceptors (Lipinski definition) is 5. The minimum absolute atomic E-state index is 0.211. The number of anilines is 1. The third-order valence-corrected chi connectivity index (χ3v) is 4.09. The maximum atomic E-state index is 9.65. The number of aliphatic hydroxyl groups excluding tert-OH is 1. The van der Waals surface area contributed by atoms with Crippen LogP contribution in [-0.2, 0) is 0 Å². The number of aliphatic hydroxyl groups is 1. The fourth-order valence-corrected chi connectivity index (χ4v) is 3.01. The molecule has 1 aromatic heterocycles. The van der Waals surface area contributed by atoms with Gasteiger partial charge in [-0.05, 0) is 39.3 Å². The molecule has 2 N–H and O–H groups in total. The standard InChI is InChI=1S/C14H22N4O/c1-10-16-13(11-2-5-15-6-3-11)8-14(17-10)18-7-4-12(19)9-18/h8,11-12,15,19H,2-7,9H2,1H3/t12-/m0/s1. The lowest BCUT2D eigenvalue weighted by Crippen LogP contribution is -2.28. The first-order valence-electron chi connectivity index (χ1n) is 7.21. The maximum Gasteiger partial charge on any atom is 0.132 e. The molecule has 0 spiro atoms. The van der Waals surface area contributed by atoms with Crippen molar-refractivity contribution in [3.05, 3.63) is 17.6 Å². The van der Waals surface area contributed by atoms with Gasteiger partial charge in [0.2, 0.25) is 0 Å². The third kappa shape index (κ3) is 2.87. The molecule has 5 nitrogen and oxygen atoms in total. The van der Waals surface area contributed by atoms with Crippen molar-refractivity contribution in [1.82, 2.24) is 15.3 Å². The summed E-state index contributed by atoms with van der Waals surface area (Å²) in [6, 6.07) is 2.13. The van der Waals surface area contributed by atoms with Crippen LogP contribution < -0.4 is 10.2 Å². The zero-order valence-electron chi connectivity index (χ0n) is 11.5. The first-order chi connectivity index (χ1) is 9.22. The first kappa shape index (κ1) is 12.8. The zero-order valence-corrected chi connectivity index (χ0v) is 11.5. The minimum atomic E-state index is -0.211. The van der Waals surface area contributed by atoms with E-state index in [9.17, 15) is 5.11 Å². The van der Waals surface area contributed by atoms with Gasteiger partial charge in [-0.1, -0.05) is 0 Å². The molecule has 1 atom stereocenters. The van der Waals surface area contributed by atoms with Crippen molar-refractivity contribution in [1.29, 1.82) is 0 Å². The van der Waals surface area contributed by atoms with E-state index < -0.39 is 0 Å². The van der Waals surface area contributed by atoms with Crippen molar-refractivity contribution in [3.63, 3.8) is 0 Å². The normalized spacial score (nSPS) is 24.9. The van der Waals surface area contributed by atoms with Crippen LogP contribution >= 0.6 is 0 Å². The van der Waals surface area contributed by atoms with Gasteiger partial charge in [-0.3, -0.25) is 0 Å². The van der Waals surface area contributed by atoms with E-state index in [0.29, 0.717) is 12.5 Å². The van der Waals surface area contributed by atoms with Gasteiger partial charge in [-0.25, -0.2) is 9.97 Å². The Kier molecular flexibility index (Phi) is 3.66. The van der Waals surface area contributed by atoms with Gasteiger partial charge in [-0.15, -0.1) is 0 Å². The summed E-state index contributed by atoms with van der Waals surface area (Å²) in [5.41, 5.74) is 1.17. The van der Waals surface area contributed by atoms with Crippen molar-refractivity contribution in [2.45, 2.75) is 38.2 Å². The van der Waals surface area contributed by atoms with E-state index in [1.807, 2.05) is 6.92 Å². The van der Waals surface area contributed by atoms with Crippen LogP contribution in [0.4, 0.5) is 5.82 Å². The Morgan fingerprint density at radius 1 is 1.26 bits per heavy atom. The molecular formula is C14H22N4O. The fraction of sp³-hybridized carbons (Fsp3) is 0.714. The molecule has 1 aromatic rings. The Labute approximate surface area is 114 Å². The Hall–Kier alpha value is -1.20. The van der Waals surface area contributed by atoms with Crippen molar-refractivity contribution in [2.24, 2.45) is 0 Å². The molecule has 2 fully saturated rings. The summed E-state index contributed by atoms with van der Waals surface area (Å²) in [5.74, 6) is 2.37. The average Bonchev–Trinajstić information content (AvgIpc) is 2.86. The van der Waals surface area contributed by atoms with E-state index >= 15 is 0 Å². The molecule has 3 rings (SSSR count). The molecule has 2 aliphatic rings. The Balaban J connectivity index is 1.83. The monoisotopic (exact) mass is 262 g/mol. The van der Waals surface area contributed by atoms with Gasteiger partial charge in [0.05, 0.1) is 6.10 Å². The van der Waals surface area contributed by atoms with Gasteiger partial charge >= 0.3 is 0 Å². The summed E-state index contributed by atoms with van der Waals surface area (Å²) >= 11 is 0. The second-order valence-corrected chi connectivity index (χ2v) is 5.61. The molecule has 0 radical (unpaired) electrons. The molecule has 0 bridgehead atoms. The van der Waals surface area contributed by atoms with Crippen molar-refractivity contribution < 1.29 is 5.11 Å². The van der Waals surface area contributed by atoms with Gasteiger partial charge < -0.3 is 15.3 Å². The van der Waals surface area contributed by atoms with Crippen LogP contribution in [0.15, 0.2) is 6.07 Å². The van der Waals surface area contributed by atoms with E-state index in [1.165, 1.54) is 5.69 Å². The number of piperidine rings is 1. The van der Waals surface area contributed by atoms with Crippen LogP contribution in [0.25, 0.3) is 0 Å². The second kappa shape index (κ2) is 5.43. The number of hydrogen-bond donors (Lipinski definition) is 2. The summed E-state index contributed by atoms with van der Waals surface area (Å²) in [5, 5.41) is 13.0. The molecule has 0 unspecified atom stereocenters. The third-order valence-electron chi connectivity index (χ3n) is 4.09. The lowest BCUT2D eigenvalue weighted by Gasteiger charge is -2.24. The van der Waals surface area contributed by atoms with Crippen LogP contribution in [-0.4, -0.2) is 47.4 Å². The Bertz CT molecular complexity index is 422. The van der Waals surface area contributed by atoms with Gasteiger partial charge in [0.1, 0.15) is 11.6 Å². The first-order valence-corrected chi connectivity index (χ1v) is 7.21. The molecule has 5 heteroatoms. The second-order valence-electron chi connectivity index (χ2n) is 5.61. The zero-order chi connectivity index (χ0) is 13.2. The largest absolute Gasteiger partial charge is 0.391 e. The van der Waals surface area contributed by atoms with Gasteiger partial charge in [0, 0.05) is 30.8 Å². The number of nitrogens with zero attached hydrogens (tertiary/aromatic N) is 3. The van der Waals surface area contributed by atoms with Crippen molar-refractivity contribution in [3.8, 4) is 0 Å². The molecule has 0 aliphatic carbocycles. The summed E-state index contributed by atoms with van der Waals surface area (Å²) in [4.78, 5) is 11.3. The van der Waals surface area contributed by atoms with Crippen LogP contribution in [0.5, 0.6) is 0 Å². The number of aromatic nitrogens is 2. The molecule has 104 valence electrons. The van der Waals surface area contributed by atoms with Crippen molar-refractivity contribution in [2.75, 3.05) is 31.1 Å². The highest BCUT2D eigenvalue weighted by molar-refractivity contribution is 5.42. The summed E-state index contributed by atoms with van der Waals surface area (Å²) in [6.45, 7) is 5.70. The lowest BCUT2D eigenvalue weighted by atomic mass is 9.94. The highest BCUT2D eigenvalue weighted by atomic mass is 16.3. The smallest absolute Gasteiger partial charge is 0.132 e. The molecule has 19 heavy (non-hydrogen) atoms. The molecular weight excluding hydrogens is 240 g/mol. The Morgan fingerprint density at radius 3 is 2.74 bits per heavy atom. The van der Waals surface area contributed by atoms with E-state index in [1.54, 1.807) is 0 Å². The highest BCUT2D eigenvalue weighted by Crippen LogP contribution is 2.27. The summed E-state index contributed by atoms with van der Waals surface area (Å²) in [7, 11) is 0. The highest BCUT2D eigenvalue weighted by Gasteiger charge is 2.24. The minimum Gasteiger partial charge on any atom is -0.391 e. The van der Waals surface area contributed by atoms with Crippen LogP contribution in [0.2, 0.25) is 0 Å². The Morgan fingerprint density at radius 2 is 2.05 bits per heavy atom. The van der Waals surface area contributed by atoms with Gasteiger partial charge in [-0.2, -0.15) is 0 Å². The fourth-order valence-electron chi connectivity index (χ4n) is 3.01. The van der Waals surface area contributed by atoms with Crippen molar-refractivity contribution >= 4 is 5.82 Å². The topological polar surface area (TPSA) is 61.3 Å². The quantitative estimate of drug-likeness (QED) is 0.826. The lowest BCUT2D eigenvalue weighted by molar-refractivity contribution is 0.198. The molecule has 3 heterocycles. The predicted octanol–water partition coefficient (Wildman–Crippen LogP) is 0.823. The van der Waals surface area contributed by atoms with Gasteiger partial charge in [0.15, 0.2) is 0 Å². The van der Waals surface area contributed by atoms with E-state index in [0.717, 1.165) is 50.5 Å². The van der Waals surface area contributed by atoms with Crippen LogP contribution in [0.1, 0.15) is 36.7 Å². The molecule has 0 saturated carbocycles. The molecule has 2 aliphatic heterocycles. The van der Waals surface area contributed by atoms with Crippen LogP contribution in [0, 0.1) is 6.92 Å². The SMILES string of the molecule is Cc1nc(C2CCNCC2)cc(N2CC[C@H](O)C2)n1. The number of rotatable bonds is 2. The maximum absolute atomic E-state index is 9.65. The summed E-state index contributed by atoms with van der Waals surface area (Å²) in [6.07, 6.45) is 2.93. The predicted molar refractivity (Wildman–Crippen MR) is 74.5 cm³/mol. The summed E-state index contributed by atoms with van der Waals surface area (Å²) < 4.78 is 0. The average molecular weight is 262 g/mol. The van der Waals surface area contributed by atoms with Gasteiger partial charge in [0.25, 0.3) is 0 Å². The number of nitrogens with one attached hydrogen (secondary N) is 1.